The quantitative estimate of drug-likeness (QED) is 0.450. The van der Waals surface area contributed by atoms with Gasteiger partial charge in [-0.2, -0.15) is 0 Å². The molecule has 0 spiro atoms. The average Bonchev–Trinajstić information content (AvgIpc) is 2.84. The summed E-state index contributed by atoms with van der Waals surface area (Å²) in [5, 5.41) is 3.34. The fraction of sp³-hybridized carbons (Fsp3) is 0.208. The Morgan fingerprint density at radius 3 is 2.65 bits per heavy atom. The van der Waals surface area contributed by atoms with E-state index in [2.05, 4.69) is 20.3 Å². The highest BCUT2D eigenvalue weighted by atomic mass is 35.5. The largest absolute Gasteiger partial charge is 0.496 e. The van der Waals surface area contributed by atoms with Crippen LogP contribution in [0, 0.1) is 6.92 Å². The van der Waals surface area contributed by atoms with Gasteiger partial charge in [-0.15, -0.1) is 0 Å². The topological polar surface area (TPSA) is 125 Å². The molecule has 0 fully saturated rings. The number of anilines is 1. The minimum Gasteiger partial charge on any atom is -0.496 e. The number of halogens is 1. The summed E-state index contributed by atoms with van der Waals surface area (Å²) < 4.78 is 7.70. The van der Waals surface area contributed by atoms with Crippen molar-refractivity contribution in [1.82, 2.24) is 24.8 Å². The Kier molecular flexibility index (Phi) is 6.21. The maximum absolute atomic E-state index is 12.4. The Labute approximate surface area is 200 Å². The minimum absolute atomic E-state index is 0.119. The Hall–Kier alpha value is -3.98. The fourth-order valence-corrected chi connectivity index (χ4v) is 4.22. The summed E-state index contributed by atoms with van der Waals surface area (Å²) in [7, 11) is 3.13. The first-order chi connectivity index (χ1) is 16.3. The molecule has 174 valence electrons. The van der Waals surface area contributed by atoms with Gasteiger partial charge in [0.05, 0.1) is 13.2 Å². The van der Waals surface area contributed by atoms with E-state index in [0.717, 1.165) is 22.3 Å². The van der Waals surface area contributed by atoms with Crippen molar-refractivity contribution in [2.24, 2.45) is 0 Å². The number of hydrogen-bond acceptors (Lipinski definition) is 7. The number of nitrogens with zero attached hydrogens (tertiary/aromatic N) is 4. The first-order valence-corrected chi connectivity index (χ1v) is 10.8. The van der Waals surface area contributed by atoms with E-state index in [0.29, 0.717) is 22.1 Å². The van der Waals surface area contributed by atoms with Crippen LogP contribution in [-0.4, -0.2) is 39.6 Å². The zero-order chi connectivity index (χ0) is 24.6. The first kappa shape index (κ1) is 23.2. The zero-order valence-electron chi connectivity index (χ0n) is 19.1. The van der Waals surface area contributed by atoms with Crippen molar-refractivity contribution in [1.29, 1.82) is 0 Å². The van der Waals surface area contributed by atoms with Gasteiger partial charge in [-0.1, -0.05) is 17.7 Å². The summed E-state index contributed by atoms with van der Waals surface area (Å²) in [6.07, 6.45) is 4.60. The lowest BCUT2D eigenvalue weighted by atomic mass is 9.94. The molecule has 9 nitrogen and oxygen atoms in total. The lowest BCUT2D eigenvalue weighted by Crippen LogP contribution is -2.19. The highest BCUT2D eigenvalue weighted by Gasteiger charge is 2.23. The molecule has 4 rings (SSSR count). The SMILES string of the molecule is CNC(=O)c1ccc(-c2c(C)c(Cl)cc(C(C)n3ccc(=O)c4c(N)ncnc43)c2OC)cn1. The van der Waals surface area contributed by atoms with Gasteiger partial charge in [-0.25, -0.2) is 9.97 Å². The van der Waals surface area contributed by atoms with E-state index >= 15 is 0 Å². The molecule has 4 aromatic rings. The highest BCUT2D eigenvalue weighted by Crippen LogP contribution is 2.43. The molecule has 3 heterocycles. The summed E-state index contributed by atoms with van der Waals surface area (Å²) in [5.41, 5.74) is 9.49. The van der Waals surface area contributed by atoms with Crippen molar-refractivity contribution in [2.75, 3.05) is 19.9 Å². The standard InChI is InChI=1S/C24H23ClN6O3/c1-12-16(25)9-15(13(2)31-8-7-18(32)20-22(26)29-11-30-23(20)31)21(34-4)19(12)14-5-6-17(28-10-14)24(33)27-3/h5-11,13H,1-4H3,(H,27,33)(H2,26,29,30). The molecule has 0 aliphatic heterocycles. The number of benzene rings is 1. The van der Waals surface area contributed by atoms with E-state index in [4.69, 9.17) is 22.1 Å². The average molecular weight is 479 g/mol. The smallest absolute Gasteiger partial charge is 0.269 e. The van der Waals surface area contributed by atoms with Gasteiger partial charge in [-0.3, -0.25) is 14.6 Å². The number of fused-ring (bicyclic) bond motifs is 1. The van der Waals surface area contributed by atoms with Gasteiger partial charge in [0.2, 0.25) is 0 Å². The van der Waals surface area contributed by atoms with Crippen molar-refractivity contribution in [3.8, 4) is 16.9 Å². The molecule has 10 heteroatoms. The number of rotatable bonds is 5. The van der Waals surface area contributed by atoms with Crippen LogP contribution >= 0.6 is 11.6 Å². The fourth-order valence-electron chi connectivity index (χ4n) is 4.01. The third kappa shape index (κ3) is 3.84. The molecular formula is C24H23ClN6O3. The van der Waals surface area contributed by atoms with Crippen LogP contribution in [0.25, 0.3) is 22.2 Å². The predicted molar refractivity (Wildman–Crippen MR) is 131 cm³/mol. The molecule has 0 aliphatic carbocycles. The van der Waals surface area contributed by atoms with E-state index < -0.39 is 0 Å². The first-order valence-electron chi connectivity index (χ1n) is 10.4. The van der Waals surface area contributed by atoms with Gasteiger partial charge in [0.25, 0.3) is 5.91 Å². The maximum Gasteiger partial charge on any atom is 0.269 e. The van der Waals surface area contributed by atoms with Crippen LogP contribution in [0.2, 0.25) is 5.02 Å². The van der Waals surface area contributed by atoms with Crippen LogP contribution in [0.5, 0.6) is 5.75 Å². The second-order valence-electron chi connectivity index (χ2n) is 7.71. The second kappa shape index (κ2) is 9.11. The molecule has 0 radical (unpaired) electrons. The maximum atomic E-state index is 12.4. The summed E-state index contributed by atoms with van der Waals surface area (Å²) in [4.78, 5) is 36.9. The number of aromatic nitrogens is 4. The number of nitrogens with two attached hydrogens (primary N) is 1. The molecule has 1 unspecified atom stereocenters. The van der Waals surface area contributed by atoms with Crippen molar-refractivity contribution < 1.29 is 9.53 Å². The van der Waals surface area contributed by atoms with Crippen LogP contribution in [0.1, 0.15) is 34.6 Å². The van der Waals surface area contributed by atoms with Gasteiger partial charge in [0.1, 0.15) is 34.6 Å². The zero-order valence-corrected chi connectivity index (χ0v) is 19.8. The van der Waals surface area contributed by atoms with E-state index in [1.165, 1.54) is 12.4 Å². The molecule has 0 bridgehead atoms. The normalized spacial score (nSPS) is 11.9. The molecule has 1 amide bonds. The number of amides is 1. The molecule has 3 aromatic heterocycles. The number of ether oxygens (including phenoxy) is 1. The number of carbonyl (C=O) groups is 1. The minimum atomic E-state index is -0.331. The van der Waals surface area contributed by atoms with Crippen molar-refractivity contribution in [2.45, 2.75) is 19.9 Å². The van der Waals surface area contributed by atoms with E-state index in [1.807, 2.05) is 24.5 Å². The lowest BCUT2D eigenvalue weighted by Gasteiger charge is -2.24. The summed E-state index contributed by atoms with van der Waals surface area (Å²) in [6.45, 7) is 3.84. The van der Waals surface area contributed by atoms with Gasteiger partial charge in [-0.05, 0) is 31.5 Å². The van der Waals surface area contributed by atoms with Gasteiger partial charge < -0.3 is 20.4 Å². The molecule has 0 saturated carbocycles. The third-order valence-corrected chi connectivity index (χ3v) is 6.21. The Bertz CT molecular complexity index is 1470. The molecule has 1 atom stereocenters. The van der Waals surface area contributed by atoms with Crippen LogP contribution in [0.4, 0.5) is 5.82 Å². The molecule has 1 aromatic carbocycles. The highest BCUT2D eigenvalue weighted by molar-refractivity contribution is 6.32. The van der Waals surface area contributed by atoms with E-state index in [-0.39, 0.29) is 28.6 Å². The Morgan fingerprint density at radius 2 is 2.00 bits per heavy atom. The predicted octanol–water partition coefficient (Wildman–Crippen LogP) is 3.38. The van der Waals surface area contributed by atoms with Crippen LogP contribution in [0.15, 0.2) is 47.8 Å². The van der Waals surface area contributed by atoms with E-state index in [9.17, 15) is 9.59 Å². The second-order valence-corrected chi connectivity index (χ2v) is 8.12. The molecule has 3 N–H and O–H groups in total. The number of nitrogen functional groups attached to an aromatic ring is 1. The van der Waals surface area contributed by atoms with Gasteiger partial charge in [0, 0.05) is 47.2 Å². The molecule has 0 aliphatic rings. The van der Waals surface area contributed by atoms with Crippen LogP contribution < -0.4 is 21.2 Å². The summed E-state index contributed by atoms with van der Waals surface area (Å²) in [6, 6.07) is 6.39. The number of methoxy groups -OCH3 is 1. The molecule has 34 heavy (non-hydrogen) atoms. The van der Waals surface area contributed by atoms with Gasteiger partial charge >= 0.3 is 0 Å². The van der Waals surface area contributed by atoms with Crippen molar-refractivity contribution in [3.63, 3.8) is 0 Å². The van der Waals surface area contributed by atoms with E-state index in [1.54, 1.807) is 38.7 Å². The van der Waals surface area contributed by atoms with Crippen molar-refractivity contribution >= 4 is 34.4 Å². The van der Waals surface area contributed by atoms with Crippen LogP contribution in [-0.2, 0) is 0 Å². The third-order valence-electron chi connectivity index (χ3n) is 5.82. The number of nitrogens with one attached hydrogen (secondary N) is 1. The summed E-state index contributed by atoms with van der Waals surface area (Å²) >= 11 is 6.66. The summed E-state index contributed by atoms with van der Waals surface area (Å²) in [5.74, 6) is 0.438. The van der Waals surface area contributed by atoms with Crippen LogP contribution in [0.3, 0.4) is 0 Å². The van der Waals surface area contributed by atoms with Crippen molar-refractivity contribution in [3.05, 3.63) is 75.1 Å². The molecular weight excluding hydrogens is 456 g/mol. The number of carbonyl (C=O) groups excluding carboxylic acids is 1. The molecule has 0 saturated heterocycles. The monoisotopic (exact) mass is 478 g/mol. The lowest BCUT2D eigenvalue weighted by molar-refractivity contribution is 0.0958. The van der Waals surface area contributed by atoms with Gasteiger partial charge in [0.15, 0.2) is 5.43 Å². The Balaban J connectivity index is 1.93. The number of hydrogen-bond donors (Lipinski definition) is 2. The Morgan fingerprint density at radius 1 is 1.24 bits per heavy atom. The number of pyridine rings is 2.